The predicted molar refractivity (Wildman–Crippen MR) is 31.2 cm³/mol. The molecule has 0 spiro atoms. The highest BCUT2D eigenvalue weighted by Gasteiger charge is 2.41. The lowest BCUT2D eigenvalue weighted by atomic mass is 10.4. The van der Waals surface area contributed by atoms with Gasteiger partial charge in [-0.3, -0.25) is 0 Å². The molecular weight excluding hydrogens is 86.1 g/mol. The van der Waals surface area contributed by atoms with Crippen LogP contribution in [0, 0.1) is 11.8 Å². The van der Waals surface area contributed by atoms with Crippen LogP contribution in [0.1, 0.15) is 13.8 Å². The van der Waals surface area contributed by atoms with E-state index in [0.717, 1.165) is 17.9 Å². The first-order valence-electron chi connectivity index (χ1n) is 2.94. The molecular formula is C6H13N. The summed E-state index contributed by atoms with van der Waals surface area (Å²) in [6, 6.07) is 0.819. The van der Waals surface area contributed by atoms with Crippen molar-refractivity contribution in [1.82, 2.24) is 5.32 Å². The molecule has 1 heteroatoms. The second-order valence-electron chi connectivity index (χ2n) is 2.53. The van der Waals surface area contributed by atoms with Crippen LogP contribution in [0.2, 0.25) is 0 Å². The maximum absolute atomic E-state index is 3.24. The van der Waals surface area contributed by atoms with E-state index in [1.165, 1.54) is 0 Å². The van der Waals surface area contributed by atoms with Crippen molar-refractivity contribution >= 4 is 0 Å². The van der Waals surface area contributed by atoms with Gasteiger partial charge in [0.2, 0.25) is 0 Å². The Morgan fingerprint density at radius 2 is 1.57 bits per heavy atom. The Bertz CT molecular complexity index is 62.6. The molecule has 7 heavy (non-hydrogen) atoms. The topological polar surface area (TPSA) is 12.0 Å². The fraction of sp³-hybridized carbons (Fsp3) is 1.00. The first-order valence-corrected chi connectivity index (χ1v) is 2.94. The van der Waals surface area contributed by atoms with Crippen LogP contribution in [-0.2, 0) is 0 Å². The zero-order valence-electron chi connectivity index (χ0n) is 5.23. The van der Waals surface area contributed by atoms with Gasteiger partial charge in [-0.05, 0) is 18.9 Å². The zero-order valence-corrected chi connectivity index (χ0v) is 5.23. The van der Waals surface area contributed by atoms with Crippen LogP contribution in [0.3, 0.4) is 0 Å². The van der Waals surface area contributed by atoms with E-state index in [0.29, 0.717) is 0 Å². The minimum atomic E-state index is 0.819. The van der Waals surface area contributed by atoms with Crippen molar-refractivity contribution in [3.8, 4) is 0 Å². The van der Waals surface area contributed by atoms with Gasteiger partial charge in [-0.15, -0.1) is 0 Å². The van der Waals surface area contributed by atoms with E-state index in [1.807, 2.05) is 7.05 Å². The molecule has 1 nitrogen and oxygen atoms in total. The number of hydrogen-bond acceptors (Lipinski definition) is 1. The van der Waals surface area contributed by atoms with Gasteiger partial charge in [0.25, 0.3) is 0 Å². The smallest absolute Gasteiger partial charge is 0.0122 e. The summed E-state index contributed by atoms with van der Waals surface area (Å²) in [5.41, 5.74) is 0. The number of rotatable bonds is 1. The molecule has 0 amide bonds. The summed E-state index contributed by atoms with van der Waals surface area (Å²) in [5.74, 6) is 1.84. The van der Waals surface area contributed by atoms with Crippen LogP contribution in [0.4, 0.5) is 0 Å². The highest BCUT2D eigenvalue weighted by Crippen LogP contribution is 2.36. The SMILES string of the molecule is CNC1C(C)[C@@H]1C. The van der Waals surface area contributed by atoms with E-state index < -0.39 is 0 Å². The maximum Gasteiger partial charge on any atom is 0.0122 e. The molecule has 0 aromatic heterocycles. The molecule has 0 aromatic rings. The van der Waals surface area contributed by atoms with Gasteiger partial charge >= 0.3 is 0 Å². The summed E-state index contributed by atoms with van der Waals surface area (Å²) < 4.78 is 0. The molecule has 1 saturated carbocycles. The van der Waals surface area contributed by atoms with Gasteiger partial charge in [0.1, 0.15) is 0 Å². The van der Waals surface area contributed by atoms with E-state index in [4.69, 9.17) is 0 Å². The molecule has 0 heterocycles. The van der Waals surface area contributed by atoms with Gasteiger partial charge in [0.15, 0.2) is 0 Å². The molecule has 3 atom stereocenters. The standard InChI is InChI=1S/C6H13N/c1-4-5(2)6(4)7-3/h4-7H,1-3H3/t4-,5?,6?/m0/s1. The Morgan fingerprint density at radius 3 is 1.57 bits per heavy atom. The van der Waals surface area contributed by atoms with Crippen LogP contribution >= 0.6 is 0 Å². The van der Waals surface area contributed by atoms with Crippen LogP contribution < -0.4 is 5.32 Å². The highest BCUT2D eigenvalue weighted by atomic mass is 14.9. The Hall–Kier alpha value is -0.0400. The first-order chi connectivity index (χ1) is 3.27. The van der Waals surface area contributed by atoms with Crippen LogP contribution in [0.5, 0.6) is 0 Å². The molecule has 1 aliphatic carbocycles. The molecule has 2 unspecified atom stereocenters. The molecule has 1 N–H and O–H groups in total. The molecule has 0 aliphatic heterocycles. The Kier molecular flexibility index (Phi) is 1.08. The second kappa shape index (κ2) is 1.48. The first kappa shape index (κ1) is 5.10. The van der Waals surface area contributed by atoms with E-state index in [9.17, 15) is 0 Å². The van der Waals surface area contributed by atoms with Crippen molar-refractivity contribution in [3.63, 3.8) is 0 Å². The Balaban J connectivity index is 2.24. The third kappa shape index (κ3) is 0.653. The largest absolute Gasteiger partial charge is 0.316 e. The maximum atomic E-state index is 3.24. The lowest BCUT2D eigenvalue weighted by Gasteiger charge is -1.86. The van der Waals surface area contributed by atoms with E-state index in [2.05, 4.69) is 19.2 Å². The average Bonchev–Trinajstić information content (AvgIpc) is 2.17. The normalized spacial score (nSPS) is 49.3. The van der Waals surface area contributed by atoms with Crippen molar-refractivity contribution in [2.45, 2.75) is 19.9 Å². The lowest BCUT2D eigenvalue weighted by Crippen LogP contribution is -2.10. The fourth-order valence-corrected chi connectivity index (χ4v) is 1.19. The van der Waals surface area contributed by atoms with Gasteiger partial charge in [0.05, 0.1) is 0 Å². The van der Waals surface area contributed by atoms with Crippen molar-refractivity contribution in [2.75, 3.05) is 7.05 Å². The van der Waals surface area contributed by atoms with Crippen LogP contribution in [0.25, 0.3) is 0 Å². The Labute approximate surface area is 45.1 Å². The zero-order chi connectivity index (χ0) is 5.44. The number of nitrogens with one attached hydrogen (secondary N) is 1. The van der Waals surface area contributed by atoms with E-state index in [1.54, 1.807) is 0 Å². The summed E-state index contributed by atoms with van der Waals surface area (Å²) >= 11 is 0. The third-order valence-electron chi connectivity index (χ3n) is 2.15. The number of hydrogen-bond donors (Lipinski definition) is 1. The van der Waals surface area contributed by atoms with E-state index in [-0.39, 0.29) is 0 Å². The molecule has 0 bridgehead atoms. The predicted octanol–water partition coefficient (Wildman–Crippen LogP) is 0.860. The van der Waals surface area contributed by atoms with Gasteiger partial charge in [-0.1, -0.05) is 13.8 Å². The van der Waals surface area contributed by atoms with Crippen LogP contribution in [0.15, 0.2) is 0 Å². The summed E-state index contributed by atoms with van der Waals surface area (Å²) in [6.07, 6.45) is 0. The highest BCUT2D eigenvalue weighted by molar-refractivity contribution is 4.96. The average molecular weight is 99.2 g/mol. The summed E-state index contributed by atoms with van der Waals surface area (Å²) in [5, 5.41) is 3.24. The van der Waals surface area contributed by atoms with Gasteiger partial charge in [-0.25, -0.2) is 0 Å². The molecule has 1 fully saturated rings. The summed E-state index contributed by atoms with van der Waals surface area (Å²) in [4.78, 5) is 0. The molecule has 0 aromatic carbocycles. The van der Waals surface area contributed by atoms with Gasteiger partial charge < -0.3 is 5.32 Å². The second-order valence-corrected chi connectivity index (χ2v) is 2.53. The minimum Gasteiger partial charge on any atom is -0.316 e. The molecule has 1 rings (SSSR count). The monoisotopic (exact) mass is 99.1 g/mol. The quantitative estimate of drug-likeness (QED) is 0.514. The van der Waals surface area contributed by atoms with Crippen molar-refractivity contribution in [2.24, 2.45) is 11.8 Å². The fourth-order valence-electron chi connectivity index (χ4n) is 1.19. The van der Waals surface area contributed by atoms with Crippen LogP contribution in [-0.4, -0.2) is 13.1 Å². The molecule has 0 radical (unpaired) electrons. The van der Waals surface area contributed by atoms with Crippen molar-refractivity contribution in [3.05, 3.63) is 0 Å². The summed E-state index contributed by atoms with van der Waals surface area (Å²) in [7, 11) is 2.03. The minimum absolute atomic E-state index is 0.819. The van der Waals surface area contributed by atoms with Crippen molar-refractivity contribution in [1.29, 1.82) is 0 Å². The van der Waals surface area contributed by atoms with Crippen molar-refractivity contribution < 1.29 is 0 Å². The molecule has 0 saturated heterocycles. The Morgan fingerprint density at radius 1 is 1.14 bits per heavy atom. The third-order valence-corrected chi connectivity index (χ3v) is 2.15. The van der Waals surface area contributed by atoms with E-state index >= 15 is 0 Å². The molecule has 1 aliphatic rings. The van der Waals surface area contributed by atoms with Gasteiger partial charge in [0, 0.05) is 6.04 Å². The lowest BCUT2D eigenvalue weighted by molar-refractivity contribution is 0.735. The summed E-state index contributed by atoms with van der Waals surface area (Å²) in [6.45, 7) is 4.57. The van der Waals surface area contributed by atoms with Gasteiger partial charge in [-0.2, -0.15) is 0 Å². The molecule has 42 valence electrons.